The van der Waals surface area contributed by atoms with Crippen molar-refractivity contribution < 1.29 is 9.53 Å². The van der Waals surface area contributed by atoms with Gasteiger partial charge in [-0.1, -0.05) is 25.5 Å². The van der Waals surface area contributed by atoms with Crippen LogP contribution in [-0.4, -0.2) is 27.6 Å². The molecule has 0 bridgehead atoms. The van der Waals surface area contributed by atoms with Gasteiger partial charge >= 0.3 is 5.97 Å². The molecule has 1 atom stereocenters. The van der Waals surface area contributed by atoms with Gasteiger partial charge in [0, 0.05) is 13.1 Å². The Bertz CT molecular complexity index is 376. The van der Waals surface area contributed by atoms with E-state index in [-0.39, 0.29) is 12.2 Å². The number of carbonyl (C=O) groups excluding carboxylic acids is 1. The Morgan fingerprint density at radius 3 is 2.76 bits per heavy atom. The Morgan fingerprint density at radius 1 is 1.53 bits per heavy atom. The van der Waals surface area contributed by atoms with E-state index in [4.69, 9.17) is 10.5 Å². The predicted octanol–water partition coefficient (Wildman–Crippen LogP) is 0.960. The maximum absolute atomic E-state index is 11.6. The average Bonchev–Trinajstić information content (AvgIpc) is 2.72. The first kappa shape index (κ1) is 13.6. The van der Waals surface area contributed by atoms with Crippen molar-refractivity contribution >= 4 is 5.97 Å². The van der Waals surface area contributed by atoms with Crippen LogP contribution in [0.25, 0.3) is 0 Å². The molecule has 1 heterocycles. The molecule has 0 fully saturated rings. The van der Waals surface area contributed by atoms with Gasteiger partial charge in [0.2, 0.25) is 0 Å². The number of ether oxygens (including phenoxy) is 1. The summed E-state index contributed by atoms with van der Waals surface area (Å²) in [4.78, 5) is 11.6. The molecule has 1 unspecified atom stereocenters. The summed E-state index contributed by atoms with van der Waals surface area (Å²) in [6.45, 7) is 7.25. The van der Waals surface area contributed by atoms with Gasteiger partial charge in [-0.15, -0.1) is 5.10 Å². The SMILES string of the molecule is CCOC(=O)c1nnn(CC(C)CC)c1CN. The first-order chi connectivity index (χ1) is 8.13. The van der Waals surface area contributed by atoms with Crippen molar-refractivity contribution in [3.63, 3.8) is 0 Å². The van der Waals surface area contributed by atoms with Crippen molar-refractivity contribution in [2.75, 3.05) is 6.61 Å². The molecule has 1 rings (SSSR count). The van der Waals surface area contributed by atoms with Gasteiger partial charge in [0.25, 0.3) is 0 Å². The van der Waals surface area contributed by atoms with Crippen LogP contribution >= 0.6 is 0 Å². The molecular weight excluding hydrogens is 220 g/mol. The van der Waals surface area contributed by atoms with Crippen LogP contribution in [0.4, 0.5) is 0 Å². The summed E-state index contributed by atoms with van der Waals surface area (Å²) in [6, 6.07) is 0. The molecule has 0 aliphatic carbocycles. The van der Waals surface area contributed by atoms with Crippen molar-refractivity contribution in [3.05, 3.63) is 11.4 Å². The number of nitrogens with two attached hydrogens (primary N) is 1. The molecule has 0 aromatic carbocycles. The third-order valence-electron chi connectivity index (χ3n) is 2.68. The Kier molecular flexibility index (Phi) is 5.09. The number of aromatic nitrogens is 3. The predicted molar refractivity (Wildman–Crippen MR) is 63.3 cm³/mol. The smallest absolute Gasteiger partial charge is 0.360 e. The quantitative estimate of drug-likeness (QED) is 0.749. The van der Waals surface area contributed by atoms with Gasteiger partial charge in [-0.25, -0.2) is 9.48 Å². The molecule has 1 aromatic rings. The molecule has 2 N–H and O–H groups in total. The maximum atomic E-state index is 11.6. The van der Waals surface area contributed by atoms with Crippen LogP contribution in [0.1, 0.15) is 43.4 Å². The van der Waals surface area contributed by atoms with Crippen LogP contribution in [0.5, 0.6) is 0 Å². The summed E-state index contributed by atoms with van der Waals surface area (Å²) in [6.07, 6.45) is 1.04. The summed E-state index contributed by atoms with van der Waals surface area (Å²) in [5.41, 5.74) is 6.51. The zero-order valence-electron chi connectivity index (χ0n) is 10.6. The summed E-state index contributed by atoms with van der Waals surface area (Å²) >= 11 is 0. The van der Waals surface area contributed by atoms with Gasteiger partial charge in [0.1, 0.15) is 0 Å². The third-order valence-corrected chi connectivity index (χ3v) is 2.68. The van der Waals surface area contributed by atoms with Gasteiger partial charge in [-0.2, -0.15) is 0 Å². The standard InChI is InChI=1S/C11H20N4O2/c1-4-8(3)7-15-9(6-12)10(13-14-15)11(16)17-5-2/h8H,4-7,12H2,1-3H3. The first-order valence-electron chi connectivity index (χ1n) is 5.93. The van der Waals surface area contributed by atoms with E-state index in [1.807, 2.05) is 0 Å². The van der Waals surface area contributed by atoms with E-state index < -0.39 is 5.97 Å². The van der Waals surface area contributed by atoms with Crippen LogP contribution < -0.4 is 5.73 Å². The Hall–Kier alpha value is -1.43. The second-order valence-electron chi connectivity index (χ2n) is 4.00. The Morgan fingerprint density at radius 2 is 2.24 bits per heavy atom. The lowest BCUT2D eigenvalue weighted by Gasteiger charge is -2.10. The Balaban J connectivity index is 2.90. The fraction of sp³-hybridized carbons (Fsp3) is 0.727. The molecule has 0 aliphatic rings. The molecule has 96 valence electrons. The number of esters is 1. The Labute approximate surface area is 101 Å². The second kappa shape index (κ2) is 6.34. The highest BCUT2D eigenvalue weighted by atomic mass is 16.5. The molecule has 0 saturated heterocycles. The second-order valence-corrected chi connectivity index (χ2v) is 4.00. The number of hydrogen-bond acceptors (Lipinski definition) is 5. The molecule has 0 aliphatic heterocycles. The van der Waals surface area contributed by atoms with Gasteiger partial charge in [0.05, 0.1) is 12.3 Å². The molecule has 0 saturated carbocycles. The minimum atomic E-state index is -0.455. The average molecular weight is 240 g/mol. The minimum Gasteiger partial charge on any atom is -0.461 e. The molecule has 0 amide bonds. The van der Waals surface area contributed by atoms with Crippen molar-refractivity contribution in [2.24, 2.45) is 11.7 Å². The van der Waals surface area contributed by atoms with Crippen molar-refractivity contribution in [1.82, 2.24) is 15.0 Å². The lowest BCUT2D eigenvalue weighted by atomic mass is 10.1. The number of hydrogen-bond donors (Lipinski definition) is 1. The van der Waals surface area contributed by atoms with Gasteiger partial charge in [-0.3, -0.25) is 0 Å². The van der Waals surface area contributed by atoms with Crippen molar-refractivity contribution in [2.45, 2.75) is 40.3 Å². The monoisotopic (exact) mass is 240 g/mol. The highest BCUT2D eigenvalue weighted by Crippen LogP contribution is 2.11. The lowest BCUT2D eigenvalue weighted by molar-refractivity contribution is 0.0518. The van der Waals surface area contributed by atoms with Crippen LogP contribution in [0.2, 0.25) is 0 Å². The molecular formula is C11H20N4O2. The summed E-state index contributed by atoms with van der Waals surface area (Å²) in [5.74, 6) is 0.0143. The molecule has 0 spiro atoms. The fourth-order valence-corrected chi connectivity index (χ4v) is 1.46. The van der Waals surface area contributed by atoms with Gasteiger partial charge in [-0.05, 0) is 12.8 Å². The number of nitrogens with zero attached hydrogens (tertiary/aromatic N) is 3. The number of rotatable bonds is 6. The summed E-state index contributed by atoms with van der Waals surface area (Å²) in [5, 5.41) is 7.82. The molecule has 1 aromatic heterocycles. The van der Waals surface area contributed by atoms with Gasteiger partial charge < -0.3 is 10.5 Å². The van der Waals surface area contributed by atoms with E-state index in [0.29, 0.717) is 18.2 Å². The third kappa shape index (κ3) is 3.26. The van der Waals surface area contributed by atoms with E-state index in [9.17, 15) is 4.79 Å². The largest absolute Gasteiger partial charge is 0.461 e. The van der Waals surface area contributed by atoms with E-state index in [0.717, 1.165) is 13.0 Å². The highest BCUT2D eigenvalue weighted by molar-refractivity contribution is 5.88. The van der Waals surface area contributed by atoms with E-state index in [1.165, 1.54) is 0 Å². The topological polar surface area (TPSA) is 83.0 Å². The lowest BCUT2D eigenvalue weighted by Crippen LogP contribution is -2.16. The first-order valence-corrected chi connectivity index (χ1v) is 5.93. The molecule has 0 radical (unpaired) electrons. The maximum Gasteiger partial charge on any atom is 0.360 e. The molecule has 17 heavy (non-hydrogen) atoms. The van der Waals surface area contributed by atoms with E-state index in [2.05, 4.69) is 24.2 Å². The highest BCUT2D eigenvalue weighted by Gasteiger charge is 2.20. The number of carbonyl (C=O) groups is 1. The normalized spacial score (nSPS) is 12.5. The van der Waals surface area contributed by atoms with Crippen LogP contribution in [-0.2, 0) is 17.8 Å². The van der Waals surface area contributed by atoms with E-state index >= 15 is 0 Å². The van der Waals surface area contributed by atoms with Crippen molar-refractivity contribution in [1.29, 1.82) is 0 Å². The zero-order chi connectivity index (χ0) is 12.8. The van der Waals surface area contributed by atoms with Crippen LogP contribution in [0.3, 0.4) is 0 Å². The summed E-state index contributed by atoms with van der Waals surface area (Å²) < 4.78 is 6.60. The fourth-order valence-electron chi connectivity index (χ4n) is 1.46. The van der Waals surface area contributed by atoms with Crippen LogP contribution in [0.15, 0.2) is 0 Å². The molecule has 6 nitrogen and oxygen atoms in total. The van der Waals surface area contributed by atoms with Gasteiger partial charge in [0.15, 0.2) is 5.69 Å². The van der Waals surface area contributed by atoms with Crippen LogP contribution in [0, 0.1) is 5.92 Å². The van der Waals surface area contributed by atoms with E-state index in [1.54, 1.807) is 11.6 Å². The minimum absolute atomic E-state index is 0.234. The zero-order valence-corrected chi connectivity index (χ0v) is 10.6. The molecule has 6 heteroatoms. The summed E-state index contributed by atoms with van der Waals surface area (Å²) in [7, 11) is 0. The van der Waals surface area contributed by atoms with Crippen molar-refractivity contribution in [3.8, 4) is 0 Å².